The SMILES string of the molecule is C[C@H](CN)Sc1ccccn1. The molecule has 0 spiro atoms. The molecule has 1 heterocycles. The van der Waals surface area contributed by atoms with Crippen LogP contribution in [0.15, 0.2) is 29.4 Å². The molecular weight excluding hydrogens is 156 g/mol. The van der Waals surface area contributed by atoms with Gasteiger partial charge in [-0.3, -0.25) is 0 Å². The third-order valence-corrected chi connectivity index (χ3v) is 2.37. The van der Waals surface area contributed by atoms with E-state index in [4.69, 9.17) is 5.73 Å². The fourth-order valence-electron chi connectivity index (χ4n) is 0.671. The summed E-state index contributed by atoms with van der Waals surface area (Å²) in [6.07, 6.45) is 1.80. The molecule has 60 valence electrons. The van der Waals surface area contributed by atoms with Crippen molar-refractivity contribution < 1.29 is 0 Å². The van der Waals surface area contributed by atoms with Gasteiger partial charge in [0, 0.05) is 18.0 Å². The minimum absolute atomic E-state index is 0.449. The molecule has 0 saturated heterocycles. The van der Waals surface area contributed by atoms with Gasteiger partial charge in [-0.2, -0.15) is 0 Å². The molecule has 1 atom stereocenters. The molecular formula is C8H12N2S. The van der Waals surface area contributed by atoms with Gasteiger partial charge in [0.15, 0.2) is 0 Å². The summed E-state index contributed by atoms with van der Waals surface area (Å²) < 4.78 is 0. The number of rotatable bonds is 3. The average Bonchev–Trinajstić information content (AvgIpc) is 2.06. The molecule has 3 heteroatoms. The van der Waals surface area contributed by atoms with Crippen LogP contribution in [0.4, 0.5) is 0 Å². The second kappa shape index (κ2) is 4.36. The number of nitrogens with zero attached hydrogens (tertiary/aromatic N) is 1. The predicted molar refractivity (Wildman–Crippen MR) is 48.6 cm³/mol. The van der Waals surface area contributed by atoms with Gasteiger partial charge in [0.2, 0.25) is 0 Å². The Kier molecular flexibility index (Phi) is 3.39. The molecule has 1 aromatic rings. The Balaban J connectivity index is 2.51. The zero-order chi connectivity index (χ0) is 8.10. The molecule has 0 radical (unpaired) electrons. The molecule has 2 nitrogen and oxygen atoms in total. The minimum Gasteiger partial charge on any atom is -0.329 e. The van der Waals surface area contributed by atoms with E-state index in [1.807, 2.05) is 18.2 Å². The van der Waals surface area contributed by atoms with Crippen molar-refractivity contribution in [3.05, 3.63) is 24.4 Å². The molecule has 0 saturated carbocycles. The summed E-state index contributed by atoms with van der Waals surface area (Å²) in [5.41, 5.74) is 5.47. The second-order valence-electron chi connectivity index (χ2n) is 2.33. The van der Waals surface area contributed by atoms with E-state index in [-0.39, 0.29) is 0 Å². The van der Waals surface area contributed by atoms with Crippen molar-refractivity contribution >= 4 is 11.8 Å². The van der Waals surface area contributed by atoms with E-state index in [9.17, 15) is 0 Å². The van der Waals surface area contributed by atoms with Crippen molar-refractivity contribution in [3.63, 3.8) is 0 Å². The molecule has 11 heavy (non-hydrogen) atoms. The first-order chi connectivity index (χ1) is 5.33. The molecule has 0 unspecified atom stereocenters. The quantitative estimate of drug-likeness (QED) is 0.695. The van der Waals surface area contributed by atoms with E-state index < -0.39 is 0 Å². The van der Waals surface area contributed by atoms with Gasteiger partial charge in [-0.1, -0.05) is 13.0 Å². The maximum absolute atomic E-state index is 5.47. The second-order valence-corrected chi connectivity index (χ2v) is 3.79. The standard InChI is InChI=1S/C8H12N2S/c1-7(6-9)11-8-4-2-3-5-10-8/h2-5,7H,6,9H2,1H3/t7-/m1/s1. The van der Waals surface area contributed by atoms with Crippen molar-refractivity contribution in [1.82, 2.24) is 4.98 Å². The highest BCUT2D eigenvalue weighted by Gasteiger charge is 2.00. The maximum Gasteiger partial charge on any atom is 0.0962 e. The molecule has 0 fully saturated rings. The zero-order valence-electron chi connectivity index (χ0n) is 6.53. The molecule has 0 aliphatic carbocycles. The molecule has 1 rings (SSSR count). The lowest BCUT2D eigenvalue weighted by Crippen LogP contribution is -2.12. The monoisotopic (exact) mass is 168 g/mol. The highest BCUT2D eigenvalue weighted by molar-refractivity contribution is 7.99. The van der Waals surface area contributed by atoms with Crippen LogP contribution in [0.1, 0.15) is 6.92 Å². The molecule has 0 bridgehead atoms. The van der Waals surface area contributed by atoms with Crippen LogP contribution in [0, 0.1) is 0 Å². The molecule has 0 aliphatic rings. The van der Waals surface area contributed by atoms with Gasteiger partial charge >= 0.3 is 0 Å². The Morgan fingerprint density at radius 2 is 2.45 bits per heavy atom. The largest absolute Gasteiger partial charge is 0.329 e. The van der Waals surface area contributed by atoms with E-state index in [2.05, 4.69) is 11.9 Å². The van der Waals surface area contributed by atoms with Crippen molar-refractivity contribution in [1.29, 1.82) is 0 Å². The van der Waals surface area contributed by atoms with Crippen LogP contribution in [0.5, 0.6) is 0 Å². The van der Waals surface area contributed by atoms with Crippen molar-refractivity contribution in [2.45, 2.75) is 17.2 Å². The third-order valence-electron chi connectivity index (χ3n) is 1.29. The number of hydrogen-bond donors (Lipinski definition) is 1. The number of thioether (sulfide) groups is 1. The summed E-state index contributed by atoms with van der Waals surface area (Å²) in [5, 5.41) is 1.50. The fourth-order valence-corrected chi connectivity index (χ4v) is 1.46. The first kappa shape index (κ1) is 8.56. The van der Waals surface area contributed by atoms with Gasteiger partial charge in [0.25, 0.3) is 0 Å². The fraction of sp³-hybridized carbons (Fsp3) is 0.375. The Bertz CT molecular complexity index is 201. The summed E-state index contributed by atoms with van der Waals surface area (Å²) >= 11 is 1.71. The number of hydrogen-bond acceptors (Lipinski definition) is 3. The zero-order valence-corrected chi connectivity index (χ0v) is 7.34. The lowest BCUT2D eigenvalue weighted by molar-refractivity contribution is 0.945. The summed E-state index contributed by atoms with van der Waals surface area (Å²) in [6.45, 7) is 2.79. The summed E-state index contributed by atoms with van der Waals surface area (Å²) in [6, 6.07) is 5.90. The number of aromatic nitrogens is 1. The van der Waals surface area contributed by atoms with Crippen LogP contribution in [0.25, 0.3) is 0 Å². The first-order valence-electron chi connectivity index (χ1n) is 3.60. The van der Waals surface area contributed by atoms with Crippen LogP contribution in [0.2, 0.25) is 0 Å². The number of nitrogens with two attached hydrogens (primary N) is 1. The summed E-state index contributed by atoms with van der Waals surface area (Å²) in [7, 11) is 0. The summed E-state index contributed by atoms with van der Waals surface area (Å²) in [5.74, 6) is 0. The van der Waals surface area contributed by atoms with E-state index >= 15 is 0 Å². The van der Waals surface area contributed by atoms with Crippen LogP contribution in [-0.4, -0.2) is 16.8 Å². The van der Waals surface area contributed by atoms with Crippen molar-refractivity contribution in [2.75, 3.05) is 6.54 Å². The smallest absolute Gasteiger partial charge is 0.0962 e. The predicted octanol–water partition coefficient (Wildman–Crippen LogP) is 1.52. The van der Waals surface area contributed by atoms with Gasteiger partial charge in [0.05, 0.1) is 5.03 Å². The minimum atomic E-state index is 0.449. The van der Waals surface area contributed by atoms with Crippen LogP contribution in [0.3, 0.4) is 0 Å². The van der Waals surface area contributed by atoms with Gasteiger partial charge < -0.3 is 5.73 Å². The highest BCUT2D eigenvalue weighted by atomic mass is 32.2. The highest BCUT2D eigenvalue weighted by Crippen LogP contribution is 2.18. The molecule has 1 aromatic heterocycles. The van der Waals surface area contributed by atoms with Gasteiger partial charge in [-0.05, 0) is 12.1 Å². The normalized spacial score (nSPS) is 12.9. The third kappa shape index (κ3) is 2.91. The van der Waals surface area contributed by atoms with Crippen molar-refractivity contribution in [2.24, 2.45) is 5.73 Å². The van der Waals surface area contributed by atoms with Gasteiger partial charge in [0.1, 0.15) is 0 Å². The molecule has 0 amide bonds. The van der Waals surface area contributed by atoms with Gasteiger partial charge in [-0.15, -0.1) is 11.8 Å². The van der Waals surface area contributed by atoms with E-state index in [1.165, 1.54) is 0 Å². The van der Waals surface area contributed by atoms with Crippen molar-refractivity contribution in [3.8, 4) is 0 Å². The Morgan fingerprint density at radius 1 is 1.64 bits per heavy atom. The lowest BCUT2D eigenvalue weighted by atomic mass is 10.5. The molecule has 0 aliphatic heterocycles. The van der Waals surface area contributed by atoms with E-state index in [0.717, 1.165) is 5.03 Å². The topological polar surface area (TPSA) is 38.9 Å². The van der Waals surface area contributed by atoms with Gasteiger partial charge in [-0.25, -0.2) is 4.98 Å². The average molecular weight is 168 g/mol. The van der Waals surface area contributed by atoms with Crippen LogP contribution in [-0.2, 0) is 0 Å². The van der Waals surface area contributed by atoms with E-state index in [1.54, 1.807) is 18.0 Å². The maximum atomic E-state index is 5.47. The Morgan fingerprint density at radius 3 is 3.00 bits per heavy atom. The lowest BCUT2D eigenvalue weighted by Gasteiger charge is -2.05. The summed E-state index contributed by atoms with van der Waals surface area (Å²) in [4.78, 5) is 4.17. The first-order valence-corrected chi connectivity index (χ1v) is 4.48. The van der Waals surface area contributed by atoms with E-state index in [0.29, 0.717) is 11.8 Å². The van der Waals surface area contributed by atoms with Crippen LogP contribution < -0.4 is 5.73 Å². The van der Waals surface area contributed by atoms with Crippen LogP contribution >= 0.6 is 11.8 Å². The Hall–Kier alpha value is -0.540. The Labute approximate surface area is 71.2 Å². The molecule has 0 aromatic carbocycles. The number of pyridine rings is 1. The molecule has 2 N–H and O–H groups in total.